The van der Waals surface area contributed by atoms with Crippen molar-refractivity contribution in [2.45, 2.75) is 19.8 Å². The van der Waals surface area contributed by atoms with Crippen LogP contribution in [0.3, 0.4) is 0 Å². The fraction of sp³-hybridized carbons (Fsp3) is 0.333. The van der Waals surface area contributed by atoms with Crippen LogP contribution in [0, 0.1) is 29.6 Å². The molecule has 1 aliphatic heterocycles. The van der Waals surface area contributed by atoms with Gasteiger partial charge >= 0.3 is 0 Å². The van der Waals surface area contributed by atoms with Gasteiger partial charge in [0.15, 0.2) is 0 Å². The lowest BCUT2D eigenvalue weighted by Crippen LogP contribution is -2.25. The predicted octanol–water partition coefficient (Wildman–Crippen LogP) is 2.11. The third kappa shape index (κ3) is 2.08. The zero-order valence-corrected chi connectivity index (χ0v) is 10.3. The van der Waals surface area contributed by atoms with Crippen LogP contribution in [-0.4, -0.2) is 12.5 Å². The van der Waals surface area contributed by atoms with E-state index in [0.29, 0.717) is 18.5 Å². The fourth-order valence-electron chi connectivity index (χ4n) is 2.25. The van der Waals surface area contributed by atoms with Crippen molar-refractivity contribution in [1.29, 1.82) is 5.26 Å². The third-order valence-electron chi connectivity index (χ3n) is 3.24. The average molecular weight is 238 g/mol. The standard InChI is InChI=1S/C15H14N2O/c1-3-11-8-15(18)17(10-11)14-6-5-12(9-16)7-13(14)4-2/h1,5-7,11H,4,8,10H2,2H3. The lowest BCUT2D eigenvalue weighted by Gasteiger charge is -2.19. The molecule has 1 fully saturated rings. The van der Waals surface area contributed by atoms with E-state index in [1.807, 2.05) is 19.1 Å². The monoisotopic (exact) mass is 238 g/mol. The Bertz CT molecular complexity index is 563. The van der Waals surface area contributed by atoms with Crippen molar-refractivity contribution in [1.82, 2.24) is 0 Å². The first-order chi connectivity index (χ1) is 8.69. The zero-order chi connectivity index (χ0) is 13.1. The summed E-state index contributed by atoms with van der Waals surface area (Å²) in [6.45, 7) is 2.59. The summed E-state index contributed by atoms with van der Waals surface area (Å²) in [7, 11) is 0. The highest BCUT2D eigenvalue weighted by molar-refractivity contribution is 5.96. The van der Waals surface area contributed by atoms with Gasteiger partial charge in [0.1, 0.15) is 0 Å². The number of benzene rings is 1. The Morgan fingerprint density at radius 3 is 2.89 bits per heavy atom. The molecule has 1 amide bonds. The Morgan fingerprint density at radius 2 is 2.33 bits per heavy atom. The van der Waals surface area contributed by atoms with Crippen LogP contribution in [0.5, 0.6) is 0 Å². The van der Waals surface area contributed by atoms with Crippen molar-refractivity contribution < 1.29 is 4.79 Å². The molecule has 0 N–H and O–H groups in total. The van der Waals surface area contributed by atoms with Gasteiger partial charge in [-0.3, -0.25) is 4.79 Å². The molecule has 1 unspecified atom stereocenters. The van der Waals surface area contributed by atoms with Gasteiger partial charge in [-0.05, 0) is 30.2 Å². The largest absolute Gasteiger partial charge is 0.311 e. The summed E-state index contributed by atoms with van der Waals surface area (Å²) >= 11 is 0. The molecule has 90 valence electrons. The number of anilines is 1. The summed E-state index contributed by atoms with van der Waals surface area (Å²) in [4.78, 5) is 13.7. The minimum absolute atomic E-state index is 0.00199. The minimum Gasteiger partial charge on any atom is -0.311 e. The van der Waals surface area contributed by atoms with E-state index in [-0.39, 0.29) is 11.8 Å². The fourth-order valence-corrected chi connectivity index (χ4v) is 2.25. The highest BCUT2D eigenvalue weighted by Crippen LogP contribution is 2.28. The summed E-state index contributed by atoms with van der Waals surface area (Å²) in [6.07, 6.45) is 6.58. The van der Waals surface area contributed by atoms with Crippen molar-refractivity contribution in [3.05, 3.63) is 29.3 Å². The number of hydrogen-bond donors (Lipinski definition) is 0. The number of carbonyl (C=O) groups is 1. The van der Waals surface area contributed by atoms with E-state index >= 15 is 0 Å². The lowest BCUT2D eigenvalue weighted by atomic mass is 10.1. The van der Waals surface area contributed by atoms with E-state index in [1.165, 1.54) is 0 Å². The van der Waals surface area contributed by atoms with Crippen molar-refractivity contribution in [3.63, 3.8) is 0 Å². The smallest absolute Gasteiger partial charge is 0.228 e. The quantitative estimate of drug-likeness (QED) is 0.741. The maximum absolute atomic E-state index is 11.9. The van der Waals surface area contributed by atoms with Crippen LogP contribution >= 0.6 is 0 Å². The van der Waals surface area contributed by atoms with Gasteiger partial charge in [0.2, 0.25) is 5.91 Å². The maximum Gasteiger partial charge on any atom is 0.228 e. The van der Waals surface area contributed by atoms with Gasteiger partial charge in [0, 0.05) is 24.6 Å². The maximum atomic E-state index is 11.9. The van der Waals surface area contributed by atoms with Gasteiger partial charge in [0.05, 0.1) is 11.6 Å². The molecule has 1 aromatic rings. The average Bonchev–Trinajstić information content (AvgIpc) is 2.79. The van der Waals surface area contributed by atoms with E-state index in [4.69, 9.17) is 11.7 Å². The van der Waals surface area contributed by atoms with Crippen LogP contribution < -0.4 is 4.90 Å². The summed E-state index contributed by atoms with van der Waals surface area (Å²) in [5.74, 6) is 2.70. The Kier molecular flexibility index (Phi) is 3.35. The van der Waals surface area contributed by atoms with Gasteiger partial charge < -0.3 is 4.90 Å². The van der Waals surface area contributed by atoms with E-state index in [0.717, 1.165) is 17.7 Å². The van der Waals surface area contributed by atoms with Crippen LogP contribution in [0.4, 0.5) is 5.69 Å². The third-order valence-corrected chi connectivity index (χ3v) is 3.24. The molecule has 1 heterocycles. The van der Waals surface area contributed by atoms with Crippen molar-refractivity contribution in [2.24, 2.45) is 5.92 Å². The summed E-state index contributed by atoms with van der Waals surface area (Å²) < 4.78 is 0. The number of terminal acetylenes is 1. The number of nitriles is 1. The highest BCUT2D eigenvalue weighted by Gasteiger charge is 2.30. The highest BCUT2D eigenvalue weighted by atomic mass is 16.2. The molecule has 2 rings (SSSR count). The van der Waals surface area contributed by atoms with Gasteiger partial charge in [-0.15, -0.1) is 12.3 Å². The molecular formula is C15H14N2O. The molecule has 0 saturated carbocycles. The van der Waals surface area contributed by atoms with Gasteiger partial charge in [-0.25, -0.2) is 0 Å². The molecular weight excluding hydrogens is 224 g/mol. The summed E-state index contributed by atoms with van der Waals surface area (Å²) in [5.41, 5.74) is 2.52. The molecule has 0 radical (unpaired) electrons. The molecule has 0 bridgehead atoms. The normalized spacial score (nSPS) is 18.5. The SMILES string of the molecule is C#CC1CC(=O)N(c2ccc(C#N)cc2CC)C1. The molecule has 0 aromatic heterocycles. The number of hydrogen-bond acceptors (Lipinski definition) is 2. The van der Waals surface area contributed by atoms with Gasteiger partial charge in [0.25, 0.3) is 0 Å². The van der Waals surface area contributed by atoms with Crippen molar-refractivity contribution in [2.75, 3.05) is 11.4 Å². The molecule has 0 aliphatic carbocycles. The Hall–Kier alpha value is -2.26. The number of rotatable bonds is 2. The minimum atomic E-state index is -0.00199. The van der Waals surface area contributed by atoms with Crippen LogP contribution in [0.15, 0.2) is 18.2 Å². The molecule has 1 atom stereocenters. The van der Waals surface area contributed by atoms with E-state index in [1.54, 1.807) is 11.0 Å². The van der Waals surface area contributed by atoms with Crippen LogP contribution in [-0.2, 0) is 11.2 Å². The summed E-state index contributed by atoms with van der Waals surface area (Å²) in [6, 6.07) is 7.54. The molecule has 1 aliphatic rings. The van der Waals surface area contributed by atoms with E-state index in [9.17, 15) is 4.79 Å². The van der Waals surface area contributed by atoms with Gasteiger partial charge in [-0.2, -0.15) is 5.26 Å². The van der Waals surface area contributed by atoms with E-state index < -0.39 is 0 Å². The Labute approximate surface area is 107 Å². The number of nitrogens with zero attached hydrogens (tertiary/aromatic N) is 2. The molecule has 3 nitrogen and oxygen atoms in total. The number of carbonyl (C=O) groups excluding carboxylic acids is 1. The van der Waals surface area contributed by atoms with Crippen LogP contribution in [0.2, 0.25) is 0 Å². The number of amides is 1. The van der Waals surface area contributed by atoms with Crippen LogP contribution in [0.25, 0.3) is 0 Å². The first kappa shape index (κ1) is 12.2. The van der Waals surface area contributed by atoms with E-state index in [2.05, 4.69) is 12.0 Å². The molecule has 18 heavy (non-hydrogen) atoms. The molecule has 1 saturated heterocycles. The molecule has 0 spiro atoms. The molecule has 1 aromatic carbocycles. The van der Waals surface area contributed by atoms with Gasteiger partial charge in [-0.1, -0.05) is 6.92 Å². The second-order valence-corrected chi connectivity index (χ2v) is 4.38. The second kappa shape index (κ2) is 4.94. The second-order valence-electron chi connectivity index (χ2n) is 4.38. The van der Waals surface area contributed by atoms with Crippen molar-refractivity contribution >= 4 is 11.6 Å². The van der Waals surface area contributed by atoms with Crippen molar-refractivity contribution in [3.8, 4) is 18.4 Å². The first-order valence-electron chi connectivity index (χ1n) is 5.99. The first-order valence-corrected chi connectivity index (χ1v) is 5.99. The zero-order valence-electron chi connectivity index (χ0n) is 10.3. The Balaban J connectivity index is 2.38. The molecule has 3 heteroatoms. The predicted molar refractivity (Wildman–Crippen MR) is 69.8 cm³/mol. The Morgan fingerprint density at radius 1 is 1.56 bits per heavy atom. The topological polar surface area (TPSA) is 44.1 Å². The summed E-state index contributed by atoms with van der Waals surface area (Å²) in [5, 5.41) is 8.89. The van der Waals surface area contributed by atoms with Crippen LogP contribution in [0.1, 0.15) is 24.5 Å². The number of aryl methyl sites for hydroxylation is 1. The lowest BCUT2D eigenvalue weighted by molar-refractivity contribution is -0.117.